The Morgan fingerprint density at radius 2 is 1.33 bits per heavy atom. The third kappa shape index (κ3) is 3.20. The highest BCUT2D eigenvalue weighted by Crippen LogP contribution is 2.55. The Hall–Kier alpha value is -5.40. The molecule has 3 aliphatic carbocycles. The molecule has 3 aliphatic rings. The molecule has 0 bridgehead atoms. The van der Waals surface area contributed by atoms with Gasteiger partial charge in [-0.2, -0.15) is 0 Å². The van der Waals surface area contributed by atoms with E-state index in [1.54, 1.807) is 16.7 Å². The molecule has 46 heavy (non-hydrogen) atoms. The second kappa shape index (κ2) is 9.08. The highest BCUT2D eigenvalue weighted by Gasteiger charge is 2.36. The first-order valence-electron chi connectivity index (χ1n) is 16.8. The fourth-order valence-electron chi connectivity index (χ4n) is 9.29. The fraction of sp³-hybridized carbons (Fsp3) is 0.111. The van der Waals surface area contributed by atoms with Gasteiger partial charge in [0.1, 0.15) is 0 Å². The summed E-state index contributed by atoms with van der Waals surface area (Å²) in [6.07, 6.45) is 9.40. The lowest BCUT2D eigenvalue weighted by molar-refractivity contribution is 0.733. The lowest BCUT2D eigenvalue weighted by Gasteiger charge is -2.18. The van der Waals surface area contributed by atoms with Crippen molar-refractivity contribution >= 4 is 43.7 Å². The Kier molecular flexibility index (Phi) is 4.91. The van der Waals surface area contributed by atoms with Gasteiger partial charge in [0.15, 0.2) is 0 Å². The maximum atomic E-state index is 2.56. The molecular formula is C45H31N. The van der Waals surface area contributed by atoms with E-state index in [1.807, 2.05) is 0 Å². The molecule has 0 fully saturated rings. The molecule has 1 atom stereocenters. The summed E-state index contributed by atoms with van der Waals surface area (Å²) in [6.45, 7) is 0. The molecule has 0 saturated heterocycles. The maximum Gasteiger partial charge on any atom is 0.0620 e. The largest absolute Gasteiger partial charge is 0.308 e. The molecule has 6 aromatic carbocycles. The van der Waals surface area contributed by atoms with Gasteiger partial charge in [0.2, 0.25) is 0 Å². The summed E-state index contributed by atoms with van der Waals surface area (Å²) >= 11 is 0. The van der Waals surface area contributed by atoms with Crippen molar-refractivity contribution in [1.82, 2.24) is 4.40 Å². The van der Waals surface area contributed by atoms with Crippen LogP contribution in [0.5, 0.6) is 0 Å². The van der Waals surface area contributed by atoms with Crippen LogP contribution in [-0.4, -0.2) is 4.40 Å². The van der Waals surface area contributed by atoms with Gasteiger partial charge in [-0.25, -0.2) is 0 Å². The third-order valence-electron chi connectivity index (χ3n) is 11.2. The van der Waals surface area contributed by atoms with Gasteiger partial charge >= 0.3 is 0 Å². The summed E-state index contributed by atoms with van der Waals surface area (Å²) in [4.78, 5) is 0. The number of hydrogen-bond acceptors (Lipinski definition) is 0. The molecule has 1 unspecified atom stereocenters. The number of rotatable bonds is 2. The van der Waals surface area contributed by atoms with Crippen LogP contribution in [-0.2, 0) is 6.42 Å². The minimum absolute atomic E-state index is 0.473. The molecule has 0 amide bonds. The van der Waals surface area contributed by atoms with Gasteiger partial charge in [0.25, 0.3) is 0 Å². The van der Waals surface area contributed by atoms with E-state index in [-0.39, 0.29) is 0 Å². The molecule has 0 radical (unpaired) electrons. The highest BCUT2D eigenvalue weighted by atomic mass is 14.9. The smallest absolute Gasteiger partial charge is 0.0620 e. The van der Waals surface area contributed by atoms with E-state index < -0.39 is 0 Å². The maximum absolute atomic E-state index is 2.56. The van der Waals surface area contributed by atoms with Gasteiger partial charge in [-0.1, -0.05) is 103 Å². The summed E-state index contributed by atoms with van der Waals surface area (Å²) < 4.78 is 2.51. The normalized spacial score (nSPS) is 16.8. The van der Waals surface area contributed by atoms with Crippen molar-refractivity contribution in [3.8, 4) is 33.4 Å². The van der Waals surface area contributed by atoms with E-state index in [1.165, 1.54) is 89.0 Å². The topological polar surface area (TPSA) is 4.41 Å². The van der Waals surface area contributed by atoms with Crippen molar-refractivity contribution < 1.29 is 0 Å². The van der Waals surface area contributed by atoms with Gasteiger partial charge in [-0.3, -0.25) is 0 Å². The lowest BCUT2D eigenvalue weighted by atomic mass is 9.85. The van der Waals surface area contributed by atoms with Crippen LogP contribution in [0.1, 0.15) is 41.9 Å². The summed E-state index contributed by atoms with van der Waals surface area (Å²) in [6, 6.07) is 45.9. The van der Waals surface area contributed by atoms with Gasteiger partial charge in [-0.15, -0.1) is 0 Å². The van der Waals surface area contributed by atoms with Crippen LogP contribution in [0.15, 0.2) is 139 Å². The number of benzene rings is 6. The van der Waals surface area contributed by atoms with Crippen molar-refractivity contribution in [3.63, 3.8) is 0 Å². The monoisotopic (exact) mass is 585 g/mol. The summed E-state index contributed by atoms with van der Waals surface area (Å²) in [5.41, 5.74) is 19.7. The minimum Gasteiger partial charge on any atom is -0.308 e. The fourth-order valence-corrected chi connectivity index (χ4v) is 9.29. The van der Waals surface area contributed by atoms with Gasteiger partial charge in [0, 0.05) is 27.5 Å². The van der Waals surface area contributed by atoms with E-state index in [9.17, 15) is 0 Å². The van der Waals surface area contributed by atoms with E-state index in [0.29, 0.717) is 5.92 Å². The number of allylic oxidation sites excluding steroid dienone is 4. The molecule has 11 rings (SSSR count). The summed E-state index contributed by atoms with van der Waals surface area (Å²) in [5, 5.41) is 5.37. The van der Waals surface area contributed by atoms with E-state index in [4.69, 9.17) is 0 Å². The van der Waals surface area contributed by atoms with Crippen LogP contribution in [0.4, 0.5) is 0 Å². The van der Waals surface area contributed by atoms with Crippen LogP contribution in [0, 0.1) is 0 Å². The second-order valence-corrected chi connectivity index (χ2v) is 13.4. The SMILES string of the molecule is C1=CC2=C(CC1)c1cc(-c3cccc4c3c3cccc5c6ccccc6n4c53)cc3c1C2CCc1ccc(-c2ccccc2)cc1-3. The van der Waals surface area contributed by atoms with Gasteiger partial charge in [-0.05, 0) is 117 Å². The van der Waals surface area contributed by atoms with Crippen molar-refractivity contribution in [2.75, 3.05) is 0 Å². The van der Waals surface area contributed by atoms with Crippen LogP contribution in [0.2, 0.25) is 0 Å². The van der Waals surface area contributed by atoms with Gasteiger partial charge in [0.05, 0.1) is 16.6 Å². The van der Waals surface area contributed by atoms with Crippen LogP contribution in [0.25, 0.3) is 77.0 Å². The molecule has 1 nitrogen and oxygen atoms in total. The summed E-state index contributed by atoms with van der Waals surface area (Å²) in [5.74, 6) is 0.473. The standard InChI is InChI=1S/C45H31N/c1-2-10-27(11-3-1)29-21-20-28-22-23-35-32-12-4-5-13-33(32)39-25-30(26-40(43(35)39)38(28)24-29)31-15-9-19-42-44(31)37-17-8-16-36-34-14-6-7-18-41(34)46(42)45(36)37/h1-4,6-12,14-21,24-26,35H,5,13,22-23H2. The number of hydrogen-bond donors (Lipinski definition) is 0. The Morgan fingerprint density at radius 1 is 0.543 bits per heavy atom. The first kappa shape index (κ1) is 24.9. The summed E-state index contributed by atoms with van der Waals surface area (Å²) in [7, 11) is 0. The molecule has 2 aromatic heterocycles. The zero-order chi connectivity index (χ0) is 29.9. The highest BCUT2D eigenvalue weighted by molar-refractivity contribution is 6.26. The quantitative estimate of drug-likeness (QED) is 0.190. The van der Waals surface area contributed by atoms with Crippen molar-refractivity contribution in [2.45, 2.75) is 31.6 Å². The molecule has 216 valence electrons. The lowest BCUT2D eigenvalue weighted by Crippen LogP contribution is -1.99. The van der Waals surface area contributed by atoms with Crippen LogP contribution >= 0.6 is 0 Å². The average molecular weight is 586 g/mol. The van der Waals surface area contributed by atoms with E-state index >= 15 is 0 Å². The Bertz CT molecular complexity index is 2630. The number of aromatic nitrogens is 1. The zero-order valence-electron chi connectivity index (χ0n) is 25.6. The Labute approximate surface area is 268 Å². The van der Waals surface area contributed by atoms with Crippen molar-refractivity contribution in [1.29, 1.82) is 0 Å². The molecular weight excluding hydrogens is 555 g/mol. The van der Waals surface area contributed by atoms with Crippen molar-refractivity contribution in [2.24, 2.45) is 0 Å². The molecule has 0 spiro atoms. The number of fused-ring (bicyclic) bond motifs is 10. The zero-order valence-corrected chi connectivity index (χ0v) is 25.6. The van der Waals surface area contributed by atoms with Crippen LogP contribution < -0.4 is 0 Å². The minimum atomic E-state index is 0.473. The Balaban J connectivity index is 1.23. The second-order valence-electron chi connectivity index (χ2n) is 13.4. The molecule has 0 saturated carbocycles. The van der Waals surface area contributed by atoms with Crippen molar-refractivity contribution in [3.05, 3.63) is 156 Å². The van der Waals surface area contributed by atoms with E-state index in [0.717, 1.165) is 19.3 Å². The number of nitrogens with zero attached hydrogens (tertiary/aromatic N) is 1. The predicted molar refractivity (Wildman–Crippen MR) is 194 cm³/mol. The third-order valence-corrected chi connectivity index (χ3v) is 11.2. The number of aryl methyl sites for hydroxylation is 1. The van der Waals surface area contributed by atoms with E-state index in [2.05, 4.69) is 138 Å². The molecule has 1 heteroatoms. The number of para-hydroxylation sites is 2. The Morgan fingerprint density at radius 3 is 2.28 bits per heavy atom. The molecule has 8 aromatic rings. The van der Waals surface area contributed by atoms with Crippen LogP contribution in [0.3, 0.4) is 0 Å². The van der Waals surface area contributed by atoms with Gasteiger partial charge < -0.3 is 4.40 Å². The predicted octanol–water partition coefficient (Wildman–Crippen LogP) is 12.0. The first-order chi connectivity index (χ1) is 22.8. The molecule has 0 N–H and O–H groups in total. The first-order valence-corrected chi connectivity index (χ1v) is 16.8. The average Bonchev–Trinajstić information content (AvgIpc) is 3.72. The molecule has 2 heterocycles. The molecule has 0 aliphatic heterocycles.